The van der Waals surface area contributed by atoms with Crippen molar-refractivity contribution in [1.82, 2.24) is 14.8 Å². The molecular weight excluding hydrogens is 1050 g/mol. The minimum absolute atomic E-state index is 0.0130. The zero-order valence-electron chi connectivity index (χ0n) is 48.6. The number of fused-ring (bicyclic) bond motifs is 1. The van der Waals surface area contributed by atoms with Crippen LogP contribution in [-0.2, 0) is 49.3 Å². The molecule has 0 aliphatic carbocycles. The first-order valence-corrected chi connectivity index (χ1v) is 28.8. The second kappa shape index (κ2) is 28.3. The number of hydrogen-bond donors (Lipinski definition) is 7. The summed E-state index contributed by atoms with van der Waals surface area (Å²) in [7, 11) is 5.17. The van der Waals surface area contributed by atoms with E-state index in [-0.39, 0.29) is 54.5 Å². The Morgan fingerprint density at radius 2 is 1.65 bits per heavy atom. The molecule has 4 heterocycles. The van der Waals surface area contributed by atoms with Gasteiger partial charge in [0.05, 0.1) is 71.7 Å². The molecule has 5 rings (SSSR count). The van der Waals surface area contributed by atoms with Crippen molar-refractivity contribution in [3.63, 3.8) is 0 Å². The number of oxime groups is 1. The first-order chi connectivity index (χ1) is 37.1. The van der Waals surface area contributed by atoms with Crippen molar-refractivity contribution in [2.45, 2.75) is 199 Å². The Morgan fingerprint density at radius 1 is 0.949 bits per heavy atom. The van der Waals surface area contributed by atoms with Crippen LogP contribution in [0, 0.1) is 23.7 Å². The molecule has 2 aromatic rings. The lowest BCUT2D eigenvalue weighted by Gasteiger charge is -2.49. The first-order valence-electron chi connectivity index (χ1n) is 27.6. The van der Waals surface area contributed by atoms with E-state index in [2.05, 4.69) is 10.5 Å². The van der Waals surface area contributed by atoms with Crippen molar-refractivity contribution in [3.8, 4) is 5.75 Å². The number of pyridine rings is 1. The molecule has 23 heteroatoms. The summed E-state index contributed by atoms with van der Waals surface area (Å²) in [5, 5.41) is 75.1. The average molecular weight is 1140 g/mol. The molecule has 79 heavy (non-hydrogen) atoms. The van der Waals surface area contributed by atoms with Gasteiger partial charge >= 0.3 is 17.9 Å². The number of aliphatic hydroxyl groups excluding tert-OH is 2. The van der Waals surface area contributed by atoms with Crippen LogP contribution >= 0.6 is 11.8 Å². The number of carbonyl (C=O) groups excluding carboxylic acids is 2. The number of carbonyl (C=O) groups is 3. The summed E-state index contributed by atoms with van der Waals surface area (Å²) >= 11 is 1.63. The number of aryl methyl sites for hydroxylation is 1. The monoisotopic (exact) mass is 1140 g/mol. The van der Waals surface area contributed by atoms with Gasteiger partial charge in [0, 0.05) is 74.7 Å². The third kappa shape index (κ3) is 15.8. The van der Waals surface area contributed by atoms with Crippen LogP contribution in [0.1, 0.15) is 119 Å². The molecule has 0 unspecified atom stereocenters. The third-order valence-electron chi connectivity index (χ3n) is 16.2. The zero-order valence-corrected chi connectivity index (χ0v) is 49.4. The van der Waals surface area contributed by atoms with Gasteiger partial charge in [0.1, 0.15) is 34.7 Å². The topological polar surface area (TPSA) is 296 Å². The molecule has 7 N–H and O–H groups in total. The van der Waals surface area contributed by atoms with Crippen molar-refractivity contribution in [1.29, 1.82) is 0 Å². The van der Waals surface area contributed by atoms with Crippen LogP contribution in [0.3, 0.4) is 0 Å². The van der Waals surface area contributed by atoms with Crippen molar-refractivity contribution in [2.24, 2.45) is 28.8 Å². The number of carboxylic acids is 1. The molecule has 0 saturated carbocycles. The summed E-state index contributed by atoms with van der Waals surface area (Å²) in [6.45, 7) is 20.2. The average Bonchev–Trinajstić information content (AvgIpc) is 3.45. The van der Waals surface area contributed by atoms with Crippen molar-refractivity contribution < 1.29 is 83.0 Å². The molecule has 1 aromatic carbocycles. The summed E-state index contributed by atoms with van der Waals surface area (Å²) < 4.78 is 52.1. The number of likely N-dealkylation sites (N-methyl/N-ethyl adjacent to an activating group) is 1. The molecule has 3 aliphatic heterocycles. The lowest BCUT2D eigenvalue weighted by atomic mass is 9.73. The summed E-state index contributed by atoms with van der Waals surface area (Å²) in [6, 6.07) is 4.70. The number of hydrogen-bond acceptors (Lipinski definition) is 21. The van der Waals surface area contributed by atoms with Crippen LogP contribution in [0.2, 0.25) is 0 Å². The Bertz CT molecular complexity index is 2440. The van der Waals surface area contributed by atoms with Crippen LogP contribution in [0.15, 0.2) is 34.3 Å². The summed E-state index contributed by atoms with van der Waals surface area (Å²) in [5.74, 6) is -4.52. The highest BCUT2D eigenvalue weighted by molar-refractivity contribution is 7.99. The molecule has 0 radical (unpaired) electrons. The second-order valence-corrected chi connectivity index (χ2v) is 23.9. The van der Waals surface area contributed by atoms with Crippen molar-refractivity contribution in [3.05, 3.63) is 40.2 Å². The highest BCUT2D eigenvalue weighted by atomic mass is 32.2. The van der Waals surface area contributed by atoms with Crippen LogP contribution < -0.4 is 15.5 Å². The highest BCUT2D eigenvalue weighted by Crippen LogP contribution is 2.42. The number of ether oxygens (including phenoxy) is 8. The van der Waals surface area contributed by atoms with Gasteiger partial charge < -0.3 is 83.4 Å². The molecule has 1 aromatic heterocycles. The summed E-state index contributed by atoms with van der Waals surface area (Å²) in [5.41, 5.74) is -5.20. The minimum atomic E-state index is -2.03. The molecule has 22 nitrogen and oxygen atoms in total. The van der Waals surface area contributed by atoms with Crippen LogP contribution in [0.25, 0.3) is 10.9 Å². The number of thioether (sulfide) groups is 1. The third-order valence-corrected chi connectivity index (χ3v) is 17.2. The predicted octanol–water partition coefficient (Wildman–Crippen LogP) is 4.42. The van der Waals surface area contributed by atoms with E-state index in [9.17, 15) is 49.9 Å². The minimum Gasteiger partial charge on any atom is -0.493 e. The van der Waals surface area contributed by atoms with E-state index >= 15 is 0 Å². The molecule has 18 atom stereocenters. The summed E-state index contributed by atoms with van der Waals surface area (Å²) in [6.07, 6.45) is -8.92. The zero-order chi connectivity index (χ0) is 58.9. The Morgan fingerprint density at radius 3 is 2.27 bits per heavy atom. The van der Waals surface area contributed by atoms with E-state index in [1.807, 2.05) is 32.8 Å². The fourth-order valence-corrected chi connectivity index (χ4v) is 12.4. The van der Waals surface area contributed by atoms with Gasteiger partial charge in [0.2, 0.25) is 5.43 Å². The molecule has 0 spiro atoms. The van der Waals surface area contributed by atoms with Crippen LogP contribution in [0.5, 0.6) is 5.75 Å². The van der Waals surface area contributed by atoms with E-state index in [1.165, 1.54) is 27.2 Å². The van der Waals surface area contributed by atoms with Crippen LogP contribution in [0.4, 0.5) is 0 Å². The highest BCUT2D eigenvalue weighted by Gasteiger charge is 2.54. The lowest BCUT2D eigenvalue weighted by molar-refractivity contribution is -0.318. The van der Waals surface area contributed by atoms with Gasteiger partial charge in [-0.15, -0.1) is 0 Å². The van der Waals surface area contributed by atoms with E-state index in [0.717, 1.165) is 0 Å². The molecule has 0 amide bonds. The number of aromatic nitrogens is 1. The molecule has 0 bridgehead atoms. The Kier molecular flexibility index (Phi) is 23.6. The quantitative estimate of drug-likeness (QED) is 0.0418. The molecule has 3 aliphatic rings. The van der Waals surface area contributed by atoms with Crippen molar-refractivity contribution >= 4 is 46.3 Å². The first kappa shape index (κ1) is 65.8. The fraction of sp³-hybridized carbons (Fsp3) is 0.768. The second-order valence-electron chi connectivity index (χ2n) is 22.7. The fourth-order valence-electron chi connectivity index (χ4n) is 11.7. The van der Waals surface area contributed by atoms with Gasteiger partial charge in [-0.1, -0.05) is 32.9 Å². The van der Waals surface area contributed by atoms with Crippen molar-refractivity contribution in [2.75, 3.05) is 52.4 Å². The Hall–Kier alpha value is -3.98. The largest absolute Gasteiger partial charge is 0.493 e. The number of rotatable bonds is 20. The number of nitrogens with zero attached hydrogens (tertiary/aromatic N) is 3. The Balaban J connectivity index is 1.27. The van der Waals surface area contributed by atoms with Gasteiger partial charge in [-0.05, 0) is 100 Å². The normalized spacial score (nSPS) is 36.7. The number of methoxy groups -OCH3 is 1. The molecule has 3 saturated heterocycles. The number of carboxylic acid groups (broad SMARTS) is 1. The smallest absolute Gasteiger partial charge is 0.341 e. The van der Waals surface area contributed by atoms with E-state index < -0.39 is 119 Å². The van der Waals surface area contributed by atoms with Crippen LogP contribution in [-0.4, -0.2) is 200 Å². The molecule has 3 fully saturated rings. The molecular formula is C56H90N4O18S. The lowest BCUT2D eigenvalue weighted by Crippen LogP contribution is -2.61. The van der Waals surface area contributed by atoms with Gasteiger partial charge in [0.25, 0.3) is 0 Å². The Labute approximate surface area is 468 Å². The maximum absolute atomic E-state index is 14.5. The number of aromatic carboxylic acids is 1. The SMILES string of the molecule is CC[C@H]1OC(=O)[C@H](C)[C@@H](O[C@H]2C[C@@](C)(OC)[C@@H](OC(=O)CCNCCSCCOc3ccc4c(c3)c(=O)c(C(=O)O)cn4CC)[C@H](C)O2)[C@H](C)[C@@H](O[C@@H]2O[C@H](C)C[C@H](N(C)C)[C@H]2O)[C@](C)(O)C[C@@H](C)/C(=N\O)[C@H](C)[C@@H](O)[C@]1(C)O. The summed E-state index contributed by atoms with van der Waals surface area (Å²) in [4.78, 5) is 54.3. The maximum atomic E-state index is 14.5. The molecule has 448 valence electrons. The maximum Gasteiger partial charge on any atom is 0.341 e. The van der Waals surface area contributed by atoms with Gasteiger partial charge in [-0.3, -0.25) is 14.4 Å². The number of benzene rings is 1. The van der Waals surface area contributed by atoms with E-state index in [4.69, 9.17) is 37.9 Å². The van der Waals surface area contributed by atoms with E-state index in [1.54, 1.807) is 83.0 Å². The van der Waals surface area contributed by atoms with Gasteiger partial charge in [-0.2, -0.15) is 11.8 Å². The van der Waals surface area contributed by atoms with Gasteiger partial charge in [0.15, 0.2) is 18.7 Å². The number of esters is 2. The standard InChI is InChI=1S/C56H90N4O18S/c1-15-41-56(11,69)48(64)32(5)44(58-70)30(3)27-54(9,68)49(78-53-46(63)40(59(12)13)25-31(4)73-53)33(6)47(34(7)52(67)75-41)77-43-28-55(10,71-14)50(35(8)74-43)76-42(61)19-20-57-21-23-79-24-22-72-36-17-18-39-37(26-36)45(62)38(51(65)66)29-60(39)16-2/h17-18,26,29-35,40-41,43,46-50,53,57,63-64,68-70H,15-16,19-25,27-28H2,1-14H3,(H,65,66)/b58-44+/t30-,31-,32+,33+,34-,35+,40+,41-,43+,46-,47+,48-,49-,50+,53+,54-,55-,56-/m1/s1. The number of nitrogens with one attached hydrogen (secondary N) is 1. The van der Waals surface area contributed by atoms with E-state index in [0.29, 0.717) is 55.4 Å². The number of cyclic esters (lactones) is 1. The number of aliphatic hydroxyl groups is 4. The van der Waals surface area contributed by atoms with Gasteiger partial charge in [-0.25, -0.2) is 4.79 Å². The predicted molar refractivity (Wildman–Crippen MR) is 295 cm³/mol.